The van der Waals surface area contributed by atoms with Crippen molar-refractivity contribution in [1.29, 1.82) is 0 Å². The van der Waals surface area contributed by atoms with Crippen LogP contribution in [-0.4, -0.2) is 21.0 Å². The molecule has 3 N–H and O–H groups in total. The smallest absolute Gasteiger partial charge is 0.270 e. The molecule has 0 saturated carbocycles. The minimum absolute atomic E-state index is 0.0868. The van der Waals surface area contributed by atoms with Crippen molar-refractivity contribution >= 4 is 11.6 Å². The van der Waals surface area contributed by atoms with Crippen LogP contribution in [0.1, 0.15) is 43.7 Å². The van der Waals surface area contributed by atoms with Crippen LogP contribution >= 0.6 is 0 Å². The highest BCUT2D eigenvalue weighted by molar-refractivity contribution is 6.01. The lowest BCUT2D eigenvalue weighted by atomic mass is 9.69. The van der Waals surface area contributed by atoms with Crippen LogP contribution in [0.5, 0.6) is 0 Å². The summed E-state index contributed by atoms with van der Waals surface area (Å²) in [4.78, 5) is 29.3. The third kappa shape index (κ3) is 2.13. The van der Waals surface area contributed by atoms with Crippen LogP contribution < -0.4 is 10.9 Å². The van der Waals surface area contributed by atoms with Crippen molar-refractivity contribution in [2.24, 2.45) is 5.41 Å². The number of hydrogen-bond donors (Lipinski definition) is 3. The van der Waals surface area contributed by atoms with Crippen LogP contribution in [0.15, 0.2) is 40.6 Å². The van der Waals surface area contributed by atoms with Gasteiger partial charge < -0.3 is 5.32 Å². The summed E-state index contributed by atoms with van der Waals surface area (Å²) in [5.41, 5.74) is 2.74. The van der Waals surface area contributed by atoms with E-state index in [-0.39, 0.29) is 22.7 Å². The Morgan fingerprint density at radius 3 is 2.78 bits per heavy atom. The number of anilines is 1. The van der Waals surface area contributed by atoms with Crippen LogP contribution in [0.3, 0.4) is 0 Å². The first-order valence-electron chi connectivity index (χ1n) is 7.70. The summed E-state index contributed by atoms with van der Waals surface area (Å²) in [6, 6.07) is 3.74. The predicted molar refractivity (Wildman–Crippen MR) is 86.2 cm³/mol. The summed E-state index contributed by atoms with van der Waals surface area (Å²) in [6.45, 7) is 4.18. The van der Waals surface area contributed by atoms with E-state index < -0.39 is 0 Å². The number of carbonyl (C=O) groups excluding carboxylic acids is 1. The van der Waals surface area contributed by atoms with Gasteiger partial charge in [0.25, 0.3) is 5.56 Å². The quantitative estimate of drug-likeness (QED) is 0.754. The molecule has 0 aromatic carbocycles. The number of hydrogen-bond acceptors (Lipinski definition) is 4. The average Bonchev–Trinajstić information content (AvgIpc) is 2.86. The van der Waals surface area contributed by atoms with Gasteiger partial charge in [-0.05, 0) is 23.5 Å². The molecule has 0 saturated heterocycles. The summed E-state index contributed by atoms with van der Waals surface area (Å²) in [7, 11) is 0. The first-order chi connectivity index (χ1) is 11.0. The first kappa shape index (κ1) is 14.0. The lowest BCUT2D eigenvalue weighted by molar-refractivity contribution is -0.118. The van der Waals surface area contributed by atoms with Crippen LogP contribution in [0, 0.1) is 5.41 Å². The SMILES string of the molecule is CC1(C)CC(=O)C2=C(C1)Nc1[nH][nH]c(=O)c1[C@H]2c1cccnc1. The van der Waals surface area contributed by atoms with E-state index in [4.69, 9.17) is 0 Å². The van der Waals surface area contributed by atoms with Crippen molar-refractivity contribution in [2.75, 3.05) is 5.32 Å². The number of ketones is 1. The van der Waals surface area contributed by atoms with Crippen LogP contribution in [-0.2, 0) is 4.79 Å². The van der Waals surface area contributed by atoms with Gasteiger partial charge in [0.15, 0.2) is 5.78 Å². The second kappa shape index (κ2) is 4.68. The van der Waals surface area contributed by atoms with E-state index in [1.807, 2.05) is 12.1 Å². The summed E-state index contributed by atoms with van der Waals surface area (Å²) in [5, 5.41) is 8.77. The lowest BCUT2D eigenvalue weighted by Gasteiger charge is -2.37. The Balaban J connectivity index is 1.96. The predicted octanol–water partition coefficient (Wildman–Crippen LogP) is 2.30. The maximum atomic E-state index is 12.8. The molecule has 2 aliphatic rings. The minimum atomic E-state index is -0.367. The van der Waals surface area contributed by atoms with Gasteiger partial charge >= 0.3 is 0 Å². The standard InChI is InChI=1S/C17H18N4O2/c1-17(2)6-10-13(11(22)7-17)12(9-4-3-5-18-8-9)14-15(19-10)20-21-16(14)23/h3-5,8,12H,6-7H2,1-2H3,(H3,19,20,21,23)/t12-/m0/s1. The van der Waals surface area contributed by atoms with Crippen LogP contribution in [0.2, 0.25) is 0 Å². The Kier molecular flexibility index (Phi) is 2.85. The van der Waals surface area contributed by atoms with E-state index >= 15 is 0 Å². The molecule has 23 heavy (non-hydrogen) atoms. The van der Waals surface area contributed by atoms with Crippen molar-refractivity contribution in [3.8, 4) is 0 Å². The number of nitrogens with zero attached hydrogens (tertiary/aromatic N) is 1. The number of pyridine rings is 1. The van der Waals surface area contributed by atoms with Gasteiger partial charge in [-0.25, -0.2) is 0 Å². The lowest BCUT2D eigenvalue weighted by Crippen LogP contribution is -2.35. The van der Waals surface area contributed by atoms with Crippen molar-refractivity contribution in [2.45, 2.75) is 32.6 Å². The molecule has 0 bridgehead atoms. The number of aromatic amines is 2. The van der Waals surface area contributed by atoms with Crippen molar-refractivity contribution in [3.63, 3.8) is 0 Å². The maximum Gasteiger partial charge on any atom is 0.270 e. The zero-order valence-corrected chi connectivity index (χ0v) is 13.1. The zero-order valence-electron chi connectivity index (χ0n) is 13.1. The largest absolute Gasteiger partial charge is 0.343 e. The van der Waals surface area contributed by atoms with Gasteiger partial charge in [-0.3, -0.25) is 24.8 Å². The molecule has 6 heteroatoms. The third-order valence-corrected chi connectivity index (χ3v) is 4.61. The van der Waals surface area contributed by atoms with E-state index in [9.17, 15) is 9.59 Å². The van der Waals surface area contributed by atoms with Gasteiger partial charge in [0.1, 0.15) is 5.82 Å². The number of aromatic nitrogens is 3. The van der Waals surface area contributed by atoms with Gasteiger partial charge in [0.2, 0.25) is 0 Å². The maximum absolute atomic E-state index is 12.8. The van der Waals surface area contributed by atoms with Crippen molar-refractivity contribution in [1.82, 2.24) is 15.2 Å². The Hall–Kier alpha value is -2.63. The van der Waals surface area contributed by atoms with E-state index in [1.54, 1.807) is 12.4 Å². The molecule has 6 nitrogen and oxygen atoms in total. The number of Topliss-reactive ketones (excluding diaryl/α,β-unsaturated/α-hetero) is 1. The van der Waals surface area contributed by atoms with E-state index in [2.05, 4.69) is 34.3 Å². The molecule has 0 fully saturated rings. The van der Waals surface area contributed by atoms with Gasteiger partial charge in [-0.15, -0.1) is 0 Å². The molecule has 0 amide bonds. The zero-order chi connectivity index (χ0) is 16.2. The highest BCUT2D eigenvalue weighted by atomic mass is 16.1. The Morgan fingerprint density at radius 2 is 2.04 bits per heavy atom. The fourth-order valence-corrected chi connectivity index (χ4v) is 3.70. The number of rotatable bonds is 1. The Bertz CT molecular complexity index is 873. The molecule has 118 valence electrons. The number of H-pyrrole nitrogens is 2. The summed E-state index contributed by atoms with van der Waals surface area (Å²) in [5.74, 6) is 0.380. The number of allylic oxidation sites excluding steroid dienone is 2. The minimum Gasteiger partial charge on any atom is -0.343 e. The van der Waals surface area contributed by atoms with E-state index in [0.717, 1.165) is 17.7 Å². The molecule has 3 heterocycles. The molecule has 0 radical (unpaired) electrons. The van der Waals surface area contributed by atoms with Crippen LogP contribution in [0.25, 0.3) is 0 Å². The first-order valence-corrected chi connectivity index (χ1v) is 7.70. The van der Waals surface area contributed by atoms with Gasteiger partial charge in [-0.1, -0.05) is 19.9 Å². The van der Waals surface area contributed by atoms with Crippen molar-refractivity contribution < 1.29 is 4.79 Å². The topological polar surface area (TPSA) is 90.6 Å². The third-order valence-electron chi connectivity index (χ3n) is 4.61. The Morgan fingerprint density at radius 1 is 1.22 bits per heavy atom. The molecule has 1 atom stereocenters. The average molecular weight is 310 g/mol. The van der Waals surface area contributed by atoms with Crippen LogP contribution in [0.4, 0.5) is 5.82 Å². The Labute approximate surface area is 133 Å². The second-order valence-electron chi connectivity index (χ2n) is 7.05. The molecule has 2 aromatic heterocycles. The van der Waals surface area contributed by atoms with E-state index in [0.29, 0.717) is 23.4 Å². The van der Waals surface area contributed by atoms with Gasteiger partial charge in [0, 0.05) is 36.0 Å². The molecular formula is C17H18N4O2. The summed E-state index contributed by atoms with van der Waals surface area (Å²) >= 11 is 0. The number of nitrogens with one attached hydrogen (secondary N) is 3. The monoisotopic (exact) mass is 310 g/mol. The summed E-state index contributed by atoms with van der Waals surface area (Å²) in [6.07, 6.45) is 4.68. The molecule has 4 rings (SSSR count). The highest BCUT2D eigenvalue weighted by Crippen LogP contribution is 2.47. The molecule has 1 aliphatic carbocycles. The molecular weight excluding hydrogens is 292 g/mol. The number of fused-ring (bicyclic) bond motifs is 1. The normalized spacial score (nSPS) is 22.3. The number of carbonyl (C=O) groups is 1. The highest BCUT2D eigenvalue weighted by Gasteiger charge is 2.42. The fourth-order valence-electron chi connectivity index (χ4n) is 3.70. The molecule has 2 aromatic rings. The summed E-state index contributed by atoms with van der Waals surface area (Å²) < 4.78 is 0. The molecule has 1 aliphatic heterocycles. The van der Waals surface area contributed by atoms with Gasteiger partial charge in [-0.2, -0.15) is 0 Å². The molecule has 0 unspecified atom stereocenters. The fraction of sp³-hybridized carbons (Fsp3) is 0.353. The van der Waals surface area contributed by atoms with Gasteiger partial charge in [0.05, 0.1) is 5.56 Å². The van der Waals surface area contributed by atoms with E-state index in [1.165, 1.54) is 0 Å². The second-order valence-corrected chi connectivity index (χ2v) is 7.05. The molecule has 0 spiro atoms. The van der Waals surface area contributed by atoms with Crippen molar-refractivity contribution in [3.05, 3.63) is 57.3 Å².